The second kappa shape index (κ2) is 7.99. The molecule has 0 aromatic heterocycles. The molecule has 0 aromatic rings. The van der Waals surface area contributed by atoms with Crippen LogP contribution in [0.15, 0.2) is 12.2 Å². The minimum absolute atomic E-state index is 0.347. The van der Waals surface area contributed by atoms with Crippen molar-refractivity contribution in [1.29, 1.82) is 0 Å². The van der Waals surface area contributed by atoms with E-state index in [0.29, 0.717) is 5.57 Å². The third-order valence-electron chi connectivity index (χ3n) is 1.67. The van der Waals surface area contributed by atoms with Crippen molar-refractivity contribution in [2.75, 3.05) is 21.2 Å². The number of carboxylic acids is 1. The lowest BCUT2D eigenvalue weighted by Gasteiger charge is -2.13. The second-order valence-corrected chi connectivity index (χ2v) is 3.25. The number of esters is 1. The maximum atomic E-state index is 10.2. The molecule has 0 aliphatic heterocycles. The van der Waals surface area contributed by atoms with Gasteiger partial charge in [0, 0.05) is 5.57 Å². The zero-order valence-corrected chi connectivity index (χ0v) is 9.90. The first-order valence-electron chi connectivity index (χ1n) is 4.37. The molecule has 5 nitrogen and oxygen atoms in total. The highest BCUT2D eigenvalue weighted by atomic mass is 16.5. The molecular weight excluding hydrogens is 198 g/mol. The van der Waals surface area contributed by atoms with Crippen molar-refractivity contribution < 1.29 is 19.4 Å². The molecule has 0 aliphatic carbocycles. The van der Waals surface area contributed by atoms with Crippen LogP contribution < -0.4 is 0 Å². The number of hydrogen-bond acceptors (Lipinski definition) is 4. The highest BCUT2D eigenvalue weighted by Crippen LogP contribution is 1.88. The molecule has 1 atom stereocenters. The zero-order chi connectivity index (χ0) is 12.6. The Morgan fingerprint density at radius 1 is 1.40 bits per heavy atom. The van der Waals surface area contributed by atoms with E-state index < -0.39 is 5.97 Å². The van der Waals surface area contributed by atoms with E-state index in [9.17, 15) is 9.59 Å². The minimum atomic E-state index is -0.782. The molecule has 0 bridgehead atoms. The van der Waals surface area contributed by atoms with Gasteiger partial charge in [-0.3, -0.25) is 9.69 Å². The van der Waals surface area contributed by atoms with Gasteiger partial charge >= 0.3 is 11.9 Å². The van der Waals surface area contributed by atoms with E-state index >= 15 is 0 Å². The Balaban J connectivity index is 0. The maximum Gasteiger partial charge on any atom is 0.332 e. The molecule has 1 N–H and O–H groups in total. The van der Waals surface area contributed by atoms with Gasteiger partial charge in [0.1, 0.15) is 6.04 Å². The van der Waals surface area contributed by atoms with Crippen LogP contribution in [-0.4, -0.2) is 49.2 Å². The van der Waals surface area contributed by atoms with Gasteiger partial charge < -0.3 is 9.84 Å². The Kier molecular flexibility index (Phi) is 8.57. The Morgan fingerprint density at radius 3 is 1.80 bits per heavy atom. The van der Waals surface area contributed by atoms with Crippen LogP contribution in [0.3, 0.4) is 0 Å². The van der Waals surface area contributed by atoms with Gasteiger partial charge in [-0.25, -0.2) is 4.79 Å². The SMILES string of the molecule is C=C(C)C(=O)OC.CC(C(=O)O)N(C)C. The van der Waals surface area contributed by atoms with Crippen molar-refractivity contribution in [2.24, 2.45) is 0 Å². The summed E-state index contributed by atoms with van der Waals surface area (Å²) in [6, 6.07) is -0.380. The van der Waals surface area contributed by atoms with Crippen LogP contribution in [0.4, 0.5) is 0 Å². The van der Waals surface area contributed by atoms with Gasteiger partial charge in [0.25, 0.3) is 0 Å². The summed E-state index contributed by atoms with van der Waals surface area (Å²) < 4.78 is 4.27. The molecule has 0 aromatic carbocycles. The van der Waals surface area contributed by atoms with Crippen molar-refractivity contribution in [3.63, 3.8) is 0 Å². The van der Waals surface area contributed by atoms with Gasteiger partial charge in [-0.2, -0.15) is 0 Å². The summed E-state index contributed by atoms with van der Waals surface area (Å²) in [5.41, 5.74) is 0.433. The predicted octanol–water partition coefficient (Wildman–Crippen LogP) is 0.757. The summed E-state index contributed by atoms with van der Waals surface area (Å²) in [6.45, 7) is 6.60. The van der Waals surface area contributed by atoms with Crippen molar-refractivity contribution in [2.45, 2.75) is 19.9 Å². The Morgan fingerprint density at radius 2 is 1.80 bits per heavy atom. The van der Waals surface area contributed by atoms with Crippen LogP contribution >= 0.6 is 0 Å². The molecule has 0 saturated heterocycles. The van der Waals surface area contributed by atoms with E-state index in [-0.39, 0.29) is 12.0 Å². The predicted molar refractivity (Wildman–Crippen MR) is 57.6 cm³/mol. The summed E-state index contributed by atoms with van der Waals surface area (Å²) >= 11 is 0. The highest BCUT2D eigenvalue weighted by molar-refractivity contribution is 5.86. The van der Waals surface area contributed by atoms with Crippen molar-refractivity contribution >= 4 is 11.9 Å². The molecule has 0 spiro atoms. The lowest BCUT2D eigenvalue weighted by Crippen LogP contribution is -2.32. The smallest absolute Gasteiger partial charge is 0.332 e. The second-order valence-electron chi connectivity index (χ2n) is 3.25. The molecule has 15 heavy (non-hydrogen) atoms. The van der Waals surface area contributed by atoms with E-state index in [1.807, 2.05) is 0 Å². The highest BCUT2D eigenvalue weighted by Gasteiger charge is 2.11. The molecule has 0 rings (SSSR count). The van der Waals surface area contributed by atoms with Gasteiger partial charge in [0.05, 0.1) is 7.11 Å². The Labute approximate surface area is 90.3 Å². The summed E-state index contributed by atoms with van der Waals surface area (Å²) in [5.74, 6) is -1.13. The quantitative estimate of drug-likeness (QED) is 0.558. The van der Waals surface area contributed by atoms with E-state index in [4.69, 9.17) is 5.11 Å². The fourth-order valence-corrected chi connectivity index (χ4v) is 0.395. The van der Waals surface area contributed by atoms with Gasteiger partial charge in [-0.1, -0.05) is 6.58 Å². The van der Waals surface area contributed by atoms with Crippen LogP contribution in [-0.2, 0) is 14.3 Å². The lowest BCUT2D eigenvalue weighted by atomic mass is 10.3. The van der Waals surface area contributed by atoms with E-state index in [0.717, 1.165) is 0 Å². The number of aliphatic carboxylic acids is 1. The van der Waals surface area contributed by atoms with Crippen LogP contribution in [0.2, 0.25) is 0 Å². The number of carbonyl (C=O) groups is 2. The molecule has 0 aliphatic rings. The third-order valence-corrected chi connectivity index (χ3v) is 1.67. The molecular formula is C10H19NO4. The first-order valence-corrected chi connectivity index (χ1v) is 4.37. The summed E-state index contributed by atoms with van der Waals surface area (Å²) in [7, 11) is 4.80. The number of ether oxygens (including phenoxy) is 1. The van der Waals surface area contributed by atoms with E-state index in [1.165, 1.54) is 7.11 Å². The van der Waals surface area contributed by atoms with Gasteiger partial charge in [-0.05, 0) is 27.9 Å². The first kappa shape index (κ1) is 16.1. The average Bonchev–Trinajstić information content (AvgIpc) is 2.15. The normalized spacial score (nSPS) is 11.1. The Hall–Kier alpha value is -1.36. The molecule has 5 heteroatoms. The standard InChI is InChI=1S/C5H11NO2.C5H8O2/c1-4(5(7)8)6(2)3;1-4(2)5(6)7-3/h4H,1-3H3,(H,7,8);1H2,2-3H3. The van der Waals surface area contributed by atoms with Crippen LogP contribution in [0.25, 0.3) is 0 Å². The van der Waals surface area contributed by atoms with Crippen molar-refractivity contribution in [1.82, 2.24) is 4.90 Å². The summed E-state index contributed by atoms with van der Waals surface area (Å²) in [4.78, 5) is 21.9. The number of likely N-dealkylation sites (N-methyl/N-ethyl adjacent to an activating group) is 1. The molecule has 0 amide bonds. The summed E-state index contributed by atoms with van der Waals surface area (Å²) in [6.07, 6.45) is 0. The van der Waals surface area contributed by atoms with Crippen molar-refractivity contribution in [3.05, 3.63) is 12.2 Å². The third kappa shape index (κ3) is 8.96. The molecule has 1 unspecified atom stereocenters. The van der Waals surface area contributed by atoms with Gasteiger partial charge in [0.15, 0.2) is 0 Å². The summed E-state index contributed by atoms with van der Waals surface area (Å²) in [5, 5.41) is 8.31. The fourth-order valence-electron chi connectivity index (χ4n) is 0.395. The molecule has 88 valence electrons. The fraction of sp³-hybridized carbons (Fsp3) is 0.600. The van der Waals surface area contributed by atoms with Gasteiger partial charge in [0.2, 0.25) is 0 Å². The average molecular weight is 217 g/mol. The Bertz CT molecular complexity index is 236. The number of methoxy groups -OCH3 is 1. The van der Waals surface area contributed by atoms with E-state index in [2.05, 4.69) is 11.3 Å². The van der Waals surface area contributed by atoms with Gasteiger partial charge in [-0.15, -0.1) is 0 Å². The topological polar surface area (TPSA) is 66.8 Å². The first-order chi connectivity index (χ1) is 6.73. The lowest BCUT2D eigenvalue weighted by molar-refractivity contribution is -0.141. The van der Waals surface area contributed by atoms with Crippen molar-refractivity contribution in [3.8, 4) is 0 Å². The minimum Gasteiger partial charge on any atom is -0.480 e. The van der Waals surface area contributed by atoms with Crippen LogP contribution in [0, 0.1) is 0 Å². The van der Waals surface area contributed by atoms with Crippen LogP contribution in [0.1, 0.15) is 13.8 Å². The molecule has 0 heterocycles. The van der Waals surface area contributed by atoms with E-state index in [1.54, 1.807) is 32.8 Å². The number of carboxylic acid groups (broad SMARTS) is 1. The maximum absolute atomic E-state index is 10.2. The molecule has 0 radical (unpaired) electrons. The monoisotopic (exact) mass is 217 g/mol. The zero-order valence-electron chi connectivity index (χ0n) is 9.90. The molecule has 0 fully saturated rings. The number of rotatable bonds is 3. The van der Waals surface area contributed by atoms with Crippen LogP contribution in [0.5, 0.6) is 0 Å². The number of hydrogen-bond donors (Lipinski definition) is 1. The number of nitrogens with zero attached hydrogens (tertiary/aromatic N) is 1. The number of carbonyl (C=O) groups excluding carboxylic acids is 1. The molecule has 0 saturated carbocycles. The largest absolute Gasteiger partial charge is 0.480 e.